The Kier molecular flexibility index (Phi) is 2.40. The maximum absolute atomic E-state index is 12.7. The molecular weight excluding hydrogens is 322 g/mol. The predicted molar refractivity (Wildman–Crippen MR) is 106 cm³/mol. The molecule has 1 aliphatic rings. The van der Waals surface area contributed by atoms with Gasteiger partial charge in [-0.2, -0.15) is 0 Å². The first kappa shape index (κ1) is 14.0. The number of carbonyl (C=O) groups is 1. The number of aromatic nitrogens is 2. The van der Waals surface area contributed by atoms with Crippen LogP contribution in [-0.2, 0) is 13.6 Å². The van der Waals surface area contributed by atoms with Crippen LogP contribution in [0.5, 0.6) is 0 Å². The Morgan fingerprint density at radius 3 is 2.77 bits per heavy atom. The van der Waals surface area contributed by atoms with Crippen LogP contribution in [0.3, 0.4) is 0 Å². The number of rotatable bonds is 0. The van der Waals surface area contributed by atoms with Gasteiger partial charge in [0.05, 0.1) is 16.6 Å². The molecule has 0 radical (unpaired) electrons. The number of para-hydroxylation sites is 1. The molecule has 4 heteroatoms. The van der Waals surface area contributed by atoms with Gasteiger partial charge < -0.3 is 14.9 Å². The minimum absolute atomic E-state index is 0.0290. The van der Waals surface area contributed by atoms with Crippen molar-refractivity contribution in [3.05, 3.63) is 59.2 Å². The van der Waals surface area contributed by atoms with E-state index >= 15 is 0 Å². The molecule has 0 spiro atoms. The molecule has 6 rings (SSSR count). The van der Waals surface area contributed by atoms with Crippen LogP contribution in [0, 0.1) is 6.92 Å². The summed E-state index contributed by atoms with van der Waals surface area (Å²) in [7, 11) is 2.11. The quantitative estimate of drug-likeness (QED) is 0.428. The maximum atomic E-state index is 12.7. The highest BCUT2D eigenvalue weighted by Crippen LogP contribution is 2.42. The number of hydrogen-bond donors (Lipinski definition) is 2. The lowest BCUT2D eigenvalue weighted by atomic mass is 9.97. The van der Waals surface area contributed by atoms with Gasteiger partial charge in [-0.15, -0.1) is 0 Å². The Hall–Kier alpha value is -3.27. The Morgan fingerprint density at radius 1 is 1.04 bits per heavy atom. The molecule has 0 bridgehead atoms. The van der Waals surface area contributed by atoms with Gasteiger partial charge in [0.1, 0.15) is 0 Å². The normalized spacial score (nSPS) is 14.0. The molecule has 2 N–H and O–H groups in total. The third-order valence-corrected chi connectivity index (χ3v) is 5.80. The van der Waals surface area contributed by atoms with Crippen molar-refractivity contribution in [2.24, 2.45) is 7.05 Å². The summed E-state index contributed by atoms with van der Waals surface area (Å²) in [6.45, 7) is 2.68. The van der Waals surface area contributed by atoms with Crippen molar-refractivity contribution in [3.63, 3.8) is 0 Å². The lowest BCUT2D eigenvalue weighted by Gasteiger charge is -2.05. The molecule has 2 aromatic heterocycles. The van der Waals surface area contributed by atoms with Gasteiger partial charge in [-0.3, -0.25) is 4.79 Å². The molecule has 5 aromatic rings. The lowest BCUT2D eigenvalue weighted by Crippen LogP contribution is -2.12. The second-order valence-electron chi connectivity index (χ2n) is 7.26. The summed E-state index contributed by atoms with van der Waals surface area (Å²) in [6.07, 6.45) is 0. The number of benzene rings is 3. The summed E-state index contributed by atoms with van der Waals surface area (Å²) in [5.41, 5.74) is 7.65. The number of carbonyl (C=O) groups excluding carboxylic acids is 1. The summed E-state index contributed by atoms with van der Waals surface area (Å²) < 4.78 is 2.25. The molecule has 126 valence electrons. The zero-order chi connectivity index (χ0) is 17.6. The smallest absolute Gasteiger partial charge is 0.252 e. The number of aryl methyl sites for hydroxylation is 2. The van der Waals surface area contributed by atoms with Gasteiger partial charge >= 0.3 is 0 Å². The molecule has 0 aliphatic carbocycles. The summed E-state index contributed by atoms with van der Waals surface area (Å²) in [4.78, 5) is 16.4. The summed E-state index contributed by atoms with van der Waals surface area (Å²) in [5.74, 6) is 0.0290. The van der Waals surface area contributed by atoms with Gasteiger partial charge in [-0.05, 0) is 30.2 Å². The van der Waals surface area contributed by atoms with Crippen LogP contribution < -0.4 is 5.32 Å². The minimum atomic E-state index is 0.0290. The van der Waals surface area contributed by atoms with E-state index in [2.05, 4.69) is 71.3 Å². The molecule has 0 fully saturated rings. The van der Waals surface area contributed by atoms with Crippen LogP contribution >= 0.6 is 0 Å². The highest BCUT2D eigenvalue weighted by molar-refractivity contribution is 6.30. The van der Waals surface area contributed by atoms with E-state index < -0.39 is 0 Å². The van der Waals surface area contributed by atoms with E-state index in [0.29, 0.717) is 6.54 Å². The second-order valence-corrected chi connectivity index (χ2v) is 7.26. The summed E-state index contributed by atoms with van der Waals surface area (Å²) in [5, 5.41) is 7.60. The zero-order valence-corrected chi connectivity index (χ0v) is 14.6. The molecule has 0 saturated carbocycles. The number of nitrogens with zero attached hydrogens (tertiary/aromatic N) is 1. The maximum Gasteiger partial charge on any atom is 0.252 e. The Morgan fingerprint density at radius 2 is 1.88 bits per heavy atom. The number of amides is 1. The van der Waals surface area contributed by atoms with Crippen LogP contribution in [0.2, 0.25) is 0 Å². The number of H-pyrrole nitrogens is 1. The van der Waals surface area contributed by atoms with Crippen LogP contribution in [0.1, 0.15) is 21.5 Å². The molecule has 1 amide bonds. The standard InChI is InChI=1S/C22H17N3O/c1-11-7-8-12-15(9-11)24-20-18(12)19-14(10-23-22(19)26)17-13-5-3-4-6-16(13)25(2)21(17)20/h3-9,24H,10H2,1-2H3,(H,23,26). The van der Waals surface area contributed by atoms with Crippen molar-refractivity contribution in [2.75, 3.05) is 0 Å². The van der Waals surface area contributed by atoms with E-state index in [-0.39, 0.29) is 5.91 Å². The van der Waals surface area contributed by atoms with E-state index in [1.165, 1.54) is 27.4 Å². The number of fused-ring (bicyclic) bond motifs is 10. The summed E-state index contributed by atoms with van der Waals surface area (Å²) >= 11 is 0. The average Bonchev–Trinajstić information content (AvgIpc) is 3.28. The van der Waals surface area contributed by atoms with Gasteiger partial charge in [0.15, 0.2) is 0 Å². The van der Waals surface area contributed by atoms with Gasteiger partial charge in [0, 0.05) is 46.2 Å². The number of nitrogens with one attached hydrogen (secondary N) is 2. The third kappa shape index (κ3) is 1.48. The van der Waals surface area contributed by atoms with E-state index in [1.807, 2.05) is 0 Å². The third-order valence-electron chi connectivity index (χ3n) is 5.80. The van der Waals surface area contributed by atoms with Crippen molar-refractivity contribution in [1.82, 2.24) is 14.9 Å². The Balaban J connectivity index is 2.01. The fraction of sp³-hybridized carbons (Fsp3) is 0.136. The number of aromatic amines is 1. The molecule has 4 nitrogen and oxygen atoms in total. The molecule has 0 saturated heterocycles. The number of hydrogen-bond acceptors (Lipinski definition) is 1. The van der Waals surface area contributed by atoms with Crippen LogP contribution in [0.15, 0.2) is 42.5 Å². The van der Waals surface area contributed by atoms with Gasteiger partial charge in [-0.1, -0.05) is 30.3 Å². The van der Waals surface area contributed by atoms with Crippen molar-refractivity contribution < 1.29 is 4.79 Å². The first-order chi connectivity index (χ1) is 12.6. The van der Waals surface area contributed by atoms with Crippen molar-refractivity contribution in [3.8, 4) is 0 Å². The topological polar surface area (TPSA) is 49.8 Å². The first-order valence-electron chi connectivity index (χ1n) is 8.87. The molecular formula is C22H17N3O. The van der Waals surface area contributed by atoms with Crippen LogP contribution in [-0.4, -0.2) is 15.5 Å². The average molecular weight is 339 g/mol. The largest absolute Gasteiger partial charge is 0.353 e. The summed E-state index contributed by atoms with van der Waals surface area (Å²) in [6, 6.07) is 14.8. The van der Waals surface area contributed by atoms with Gasteiger partial charge in [-0.25, -0.2) is 0 Å². The van der Waals surface area contributed by atoms with Crippen molar-refractivity contribution in [1.29, 1.82) is 0 Å². The fourth-order valence-electron chi connectivity index (χ4n) is 4.70. The molecule has 0 unspecified atom stereocenters. The molecule has 3 aromatic carbocycles. The molecule has 26 heavy (non-hydrogen) atoms. The van der Waals surface area contributed by atoms with Gasteiger partial charge in [0.25, 0.3) is 5.91 Å². The van der Waals surface area contributed by atoms with E-state index in [4.69, 9.17) is 0 Å². The fourth-order valence-corrected chi connectivity index (χ4v) is 4.70. The van der Waals surface area contributed by atoms with Crippen LogP contribution in [0.25, 0.3) is 43.6 Å². The molecule has 3 heterocycles. The van der Waals surface area contributed by atoms with Gasteiger partial charge in [0.2, 0.25) is 0 Å². The zero-order valence-electron chi connectivity index (χ0n) is 14.6. The first-order valence-corrected chi connectivity index (χ1v) is 8.87. The minimum Gasteiger partial charge on any atom is -0.353 e. The van der Waals surface area contributed by atoms with E-state index in [0.717, 1.165) is 32.9 Å². The molecule has 1 aliphatic heterocycles. The molecule has 0 atom stereocenters. The monoisotopic (exact) mass is 339 g/mol. The van der Waals surface area contributed by atoms with E-state index in [9.17, 15) is 4.79 Å². The van der Waals surface area contributed by atoms with Crippen molar-refractivity contribution in [2.45, 2.75) is 13.5 Å². The Labute approximate surface area is 149 Å². The highest BCUT2D eigenvalue weighted by atomic mass is 16.1. The Bertz CT molecular complexity index is 1420. The van der Waals surface area contributed by atoms with Crippen molar-refractivity contribution >= 4 is 49.5 Å². The lowest BCUT2D eigenvalue weighted by molar-refractivity contribution is 0.0967. The predicted octanol–water partition coefficient (Wildman–Crippen LogP) is 4.52. The SMILES string of the molecule is Cc1ccc2c(c1)[nH]c1c2c2c(c3c4ccccc4n(C)c13)CNC2=O. The second kappa shape index (κ2) is 4.47. The van der Waals surface area contributed by atoms with E-state index in [1.54, 1.807) is 0 Å². The highest BCUT2D eigenvalue weighted by Gasteiger charge is 2.29. The van der Waals surface area contributed by atoms with Crippen LogP contribution in [0.4, 0.5) is 0 Å².